The molecule has 0 aromatic heterocycles. The van der Waals surface area contributed by atoms with Crippen LogP contribution >= 0.6 is 0 Å². The van der Waals surface area contributed by atoms with Crippen LogP contribution in [0.25, 0.3) is 0 Å². The zero-order valence-electron chi connectivity index (χ0n) is 12.4. The summed E-state index contributed by atoms with van der Waals surface area (Å²) in [7, 11) is 2.03. The van der Waals surface area contributed by atoms with Gasteiger partial charge in [-0.05, 0) is 48.1 Å². The summed E-state index contributed by atoms with van der Waals surface area (Å²) in [4.78, 5) is 13.8. The van der Waals surface area contributed by atoms with E-state index in [4.69, 9.17) is 5.73 Å². The Hall–Kier alpha value is -0.610. The topological polar surface area (TPSA) is 58.4 Å². The average molecular weight is 243 g/mol. The maximum absolute atomic E-state index is 11.6. The molecule has 0 aliphatic carbocycles. The number of hydrogen-bond acceptors (Lipinski definition) is 3. The van der Waals surface area contributed by atoms with Gasteiger partial charge in [-0.3, -0.25) is 9.69 Å². The first-order valence-corrected chi connectivity index (χ1v) is 6.34. The molecule has 0 bridgehead atoms. The molecular weight excluding hydrogens is 214 g/mol. The van der Waals surface area contributed by atoms with E-state index in [2.05, 4.69) is 31.0 Å². The Morgan fingerprint density at radius 1 is 1.35 bits per heavy atom. The summed E-state index contributed by atoms with van der Waals surface area (Å²) in [5, 5.41) is 3.27. The van der Waals surface area contributed by atoms with E-state index in [0.717, 1.165) is 6.42 Å². The maximum Gasteiger partial charge on any atom is 0.238 e. The van der Waals surface area contributed by atoms with Gasteiger partial charge >= 0.3 is 0 Å². The number of likely N-dealkylation sites (N-methyl/N-ethyl adjacent to an activating group) is 1. The molecular formula is C13H29N3O. The molecule has 0 radical (unpaired) electrons. The Morgan fingerprint density at radius 2 is 1.82 bits per heavy atom. The molecule has 0 spiro atoms. The van der Waals surface area contributed by atoms with Gasteiger partial charge < -0.3 is 11.1 Å². The standard InChI is InChI=1S/C13H29N3O/c1-8-12(4,5)16(7)9-13(6,11(14)17)15-10(2)3/h10,15H,8-9H2,1-7H3,(H2,14,17). The number of carbonyl (C=O) groups excluding carboxylic acids is 1. The van der Waals surface area contributed by atoms with E-state index in [-0.39, 0.29) is 17.5 Å². The Labute approximate surface area is 106 Å². The zero-order chi connectivity index (χ0) is 13.9. The van der Waals surface area contributed by atoms with E-state index in [0.29, 0.717) is 6.54 Å². The minimum absolute atomic E-state index is 0.0649. The number of nitrogens with two attached hydrogens (primary N) is 1. The van der Waals surface area contributed by atoms with Crippen LogP contribution in [0.3, 0.4) is 0 Å². The van der Waals surface area contributed by atoms with E-state index >= 15 is 0 Å². The van der Waals surface area contributed by atoms with Crippen molar-refractivity contribution in [2.75, 3.05) is 13.6 Å². The highest BCUT2D eigenvalue weighted by atomic mass is 16.1. The van der Waals surface area contributed by atoms with E-state index < -0.39 is 5.54 Å². The van der Waals surface area contributed by atoms with Crippen molar-refractivity contribution in [1.82, 2.24) is 10.2 Å². The summed E-state index contributed by atoms with van der Waals surface area (Å²) in [6, 6.07) is 0.227. The number of nitrogens with one attached hydrogen (secondary N) is 1. The third-order valence-corrected chi connectivity index (χ3v) is 3.60. The lowest BCUT2D eigenvalue weighted by atomic mass is 9.94. The Bertz CT molecular complexity index is 263. The fraction of sp³-hybridized carbons (Fsp3) is 0.923. The largest absolute Gasteiger partial charge is 0.368 e. The van der Waals surface area contributed by atoms with Crippen LogP contribution in [0, 0.1) is 0 Å². The van der Waals surface area contributed by atoms with Gasteiger partial charge in [0.25, 0.3) is 0 Å². The van der Waals surface area contributed by atoms with Crippen molar-refractivity contribution in [2.45, 2.75) is 65.1 Å². The lowest BCUT2D eigenvalue weighted by molar-refractivity contribution is -0.125. The molecule has 4 nitrogen and oxygen atoms in total. The van der Waals surface area contributed by atoms with E-state index in [9.17, 15) is 4.79 Å². The van der Waals surface area contributed by atoms with Gasteiger partial charge in [-0.1, -0.05) is 6.92 Å². The second-order valence-corrected chi connectivity index (χ2v) is 6.02. The van der Waals surface area contributed by atoms with Crippen molar-refractivity contribution in [3.05, 3.63) is 0 Å². The molecule has 0 heterocycles. The van der Waals surface area contributed by atoms with E-state index in [1.807, 2.05) is 27.8 Å². The normalized spacial score (nSPS) is 16.3. The minimum atomic E-state index is -0.685. The molecule has 17 heavy (non-hydrogen) atoms. The van der Waals surface area contributed by atoms with Gasteiger partial charge in [0.1, 0.15) is 5.54 Å². The highest BCUT2D eigenvalue weighted by Gasteiger charge is 2.36. The first kappa shape index (κ1) is 16.4. The summed E-state index contributed by atoms with van der Waals surface area (Å²) in [6.07, 6.45) is 1.03. The number of amides is 1. The fourth-order valence-electron chi connectivity index (χ4n) is 1.79. The molecule has 1 unspecified atom stereocenters. The van der Waals surface area contributed by atoms with Gasteiger partial charge in [0.2, 0.25) is 5.91 Å². The second-order valence-electron chi connectivity index (χ2n) is 6.02. The number of hydrogen-bond donors (Lipinski definition) is 2. The van der Waals surface area contributed by atoms with Crippen molar-refractivity contribution < 1.29 is 4.79 Å². The molecule has 102 valence electrons. The summed E-state index contributed by atoms with van der Waals surface area (Å²) in [6.45, 7) is 13.0. The lowest BCUT2D eigenvalue weighted by Gasteiger charge is -2.41. The minimum Gasteiger partial charge on any atom is -0.368 e. The Balaban J connectivity index is 4.83. The van der Waals surface area contributed by atoms with Gasteiger partial charge in [-0.15, -0.1) is 0 Å². The quantitative estimate of drug-likeness (QED) is 0.709. The average Bonchev–Trinajstić information content (AvgIpc) is 2.15. The maximum atomic E-state index is 11.6. The Morgan fingerprint density at radius 3 is 2.12 bits per heavy atom. The third-order valence-electron chi connectivity index (χ3n) is 3.60. The van der Waals surface area contributed by atoms with Crippen molar-refractivity contribution >= 4 is 5.91 Å². The fourth-order valence-corrected chi connectivity index (χ4v) is 1.79. The monoisotopic (exact) mass is 243 g/mol. The summed E-state index contributed by atoms with van der Waals surface area (Å²) in [5.41, 5.74) is 4.90. The predicted molar refractivity (Wildman–Crippen MR) is 72.9 cm³/mol. The number of rotatable bonds is 7. The van der Waals surface area contributed by atoms with Crippen LogP contribution in [0.5, 0.6) is 0 Å². The summed E-state index contributed by atoms with van der Waals surface area (Å²) >= 11 is 0. The molecule has 4 heteroatoms. The molecule has 0 aliphatic heterocycles. The number of carbonyl (C=O) groups is 1. The highest BCUT2D eigenvalue weighted by molar-refractivity contribution is 5.84. The smallest absolute Gasteiger partial charge is 0.238 e. The second kappa shape index (κ2) is 5.83. The third kappa shape index (κ3) is 4.64. The molecule has 3 N–H and O–H groups in total. The van der Waals surface area contributed by atoms with Gasteiger partial charge in [-0.25, -0.2) is 0 Å². The van der Waals surface area contributed by atoms with Crippen LogP contribution in [0.1, 0.15) is 48.0 Å². The molecule has 0 aromatic rings. The van der Waals surface area contributed by atoms with Crippen LogP contribution in [0.4, 0.5) is 0 Å². The molecule has 0 saturated carbocycles. The summed E-state index contributed by atoms with van der Waals surface area (Å²) in [5.74, 6) is -0.301. The van der Waals surface area contributed by atoms with Crippen LogP contribution < -0.4 is 11.1 Å². The zero-order valence-corrected chi connectivity index (χ0v) is 12.4. The predicted octanol–water partition coefficient (Wildman–Crippen LogP) is 1.35. The van der Waals surface area contributed by atoms with E-state index in [1.54, 1.807) is 0 Å². The molecule has 1 atom stereocenters. The Kier molecular flexibility index (Phi) is 5.62. The van der Waals surface area contributed by atoms with Crippen LogP contribution in [0.2, 0.25) is 0 Å². The van der Waals surface area contributed by atoms with Gasteiger partial charge in [0.15, 0.2) is 0 Å². The van der Waals surface area contributed by atoms with Crippen LogP contribution in [0.15, 0.2) is 0 Å². The SMILES string of the molecule is CCC(C)(C)N(C)CC(C)(NC(C)C)C(N)=O. The van der Waals surface area contributed by atoms with Crippen LogP contribution in [-0.4, -0.2) is 41.5 Å². The van der Waals surface area contributed by atoms with Crippen molar-refractivity contribution in [2.24, 2.45) is 5.73 Å². The lowest BCUT2D eigenvalue weighted by Crippen LogP contribution is -2.63. The molecule has 0 saturated heterocycles. The first-order chi connectivity index (χ1) is 7.55. The first-order valence-electron chi connectivity index (χ1n) is 6.34. The molecule has 1 amide bonds. The van der Waals surface area contributed by atoms with Crippen LogP contribution in [-0.2, 0) is 4.79 Å². The van der Waals surface area contributed by atoms with Crippen molar-refractivity contribution in [3.63, 3.8) is 0 Å². The van der Waals surface area contributed by atoms with Gasteiger partial charge in [0, 0.05) is 18.1 Å². The molecule has 0 aliphatic rings. The van der Waals surface area contributed by atoms with Crippen molar-refractivity contribution in [3.8, 4) is 0 Å². The molecule has 0 rings (SSSR count). The van der Waals surface area contributed by atoms with Crippen molar-refractivity contribution in [1.29, 1.82) is 0 Å². The van der Waals surface area contributed by atoms with Gasteiger partial charge in [-0.2, -0.15) is 0 Å². The number of nitrogens with zero attached hydrogens (tertiary/aromatic N) is 1. The van der Waals surface area contributed by atoms with Gasteiger partial charge in [0.05, 0.1) is 0 Å². The number of primary amides is 1. The van der Waals surface area contributed by atoms with E-state index in [1.165, 1.54) is 0 Å². The summed E-state index contributed by atoms with van der Waals surface area (Å²) < 4.78 is 0. The molecule has 0 aromatic carbocycles. The molecule has 0 fully saturated rings. The highest BCUT2D eigenvalue weighted by Crippen LogP contribution is 2.19.